The van der Waals surface area contributed by atoms with E-state index in [0.29, 0.717) is 11.3 Å². The summed E-state index contributed by atoms with van der Waals surface area (Å²) in [5.41, 5.74) is 0.846. The van der Waals surface area contributed by atoms with Crippen molar-refractivity contribution in [3.8, 4) is 11.3 Å². The second-order valence-corrected chi connectivity index (χ2v) is 6.28. The lowest BCUT2D eigenvalue weighted by molar-refractivity contribution is -0.384. The number of nitro benzene ring substituents is 1. The molecule has 0 bridgehead atoms. The molecule has 1 N–H and O–H groups in total. The van der Waals surface area contributed by atoms with Crippen molar-refractivity contribution in [3.63, 3.8) is 0 Å². The van der Waals surface area contributed by atoms with Crippen molar-refractivity contribution in [2.75, 3.05) is 20.1 Å². The fourth-order valence-electron chi connectivity index (χ4n) is 2.91. The van der Waals surface area contributed by atoms with Crippen molar-refractivity contribution < 1.29 is 14.2 Å². The molecule has 0 unspecified atom stereocenters. The maximum atomic E-state index is 12.4. The van der Waals surface area contributed by atoms with Gasteiger partial charge in [-0.2, -0.15) is 0 Å². The van der Waals surface area contributed by atoms with Gasteiger partial charge in [-0.1, -0.05) is 5.16 Å². The van der Waals surface area contributed by atoms with E-state index in [1.54, 1.807) is 18.2 Å². The van der Waals surface area contributed by atoms with Gasteiger partial charge in [0.05, 0.1) is 4.92 Å². The predicted molar refractivity (Wildman–Crippen MR) is 91.2 cm³/mol. The SMILES string of the molecule is CN1CCC[C@@H](NC(=O)c2cc(-c3ccc([N+](=O)[O-])cc3)on2)CC1. The second-order valence-electron chi connectivity index (χ2n) is 6.28. The van der Waals surface area contributed by atoms with Gasteiger partial charge < -0.3 is 14.7 Å². The Morgan fingerprint density at radius 1 is 1.32 bits per heavy atom. The zero-order valence-electron chi connectivity index (χ0n) is 14.0. The third-order valence-electron chi connectivity index (χ3n) is 4.39. The molecule has 1 aliphatic rings. The quantitative estimate of drug-likeness (QED) is 0.675. The molecule has 1 fully saturated rings. The van der Waals surface area contributed by atoms with Crippen molar-refractivity contribution >= 4 is 11.6 Å². The molecule has 0 radical (unpaired) electrons. The van der Waals surface area contributed by atoms with Crippen molar-refractivity contribution in [1.82, 2.24) is 15.4 Å². The first kappa shape index (κ1) is 17.1. The fourth-order valence-corrected chi connectivity index (χ4v) is 2.91. The summed E-state index contributed by atoms with van der Waals surface area (Å²) in [4.78, 5) is 24.8. The van der Waals surface area contributed by atoms with Crippen LogP contribution in [0.4, 0.5) is 5.69 Å². The average Bonchev–Trinajstić information content (AvgIpc) is 3.01. The van der Waals surface area contributed by atoms with E-state index in [-0.39, 0.29) is 23.3 Å². The average molecular weight is 344 g/mol. The maximum absolute atomic E-state index is 12.4. The highest BCUT2D eigenvalue weighted by Crippen LogP contribution is 2.23. The normalized spacial score (nSPS) is 18.5. The zero-order valence-corrected chi connectivity index (χ0v) is 14.0. The number of non-ortho nitro benzene ring substituents is 1. The molecule has 1 atom stereocenters. The molecule has 25 heavy (non-hydrogen) atoms. The standard InChI is InChI=1S/C17H20N4O4/c1-20-9-2-3-13(8-10-20)18-17(22)15-11-16(25-19-15)12-4-6-14(7-5-12)21(23)24/h4-7,11,13H,2-3,8-10H2,1H3,(H,18,22)/t13-/m1/s1. The number of likely N-dealkylation sites (tertiary alicyclic amines) is 1. The number of carbonyl (C=O) groups is 1. The van der Waals surface area contributed by atoms with Crippen LogP contribution in [-0.4, -0.2) is 47.1 Å². The summed E-state index contributed by atoms with van der Waals surface area (Å²) in [7, 11) is 2.08. The molecule has 1 saturated heterocycles. The third kappa shape index (κ3) is 4.21. The monoisotopic (exact) mass is 344 g/mol. The second kappa shape index (κ2) is 7.43. The van der Waals surface area contributed by atoms with E-state index in [0.717, 1.165) is 32.4 Å². The molecule has 0 aliphatic carbocycles. The Kier molecular flexibility index (Phi) is 5.08. The van der Waals surface area contributed by atoms with Gasteiger partial charge in [-0.3, -0.25) is 14.9 Å². The van der Waals surface area contributed by atoms with E-state index in [9.17, 15) is 14.9 Å². The first-order valence-corrected chi connectivity index (χ1v) is 8.24. The number of nitro groups is 1. The van der Waals surface area contributed by atoms with Gasteiger partial charge in [0.2, 0.25) is 0 Å². The van der Waals surface area contributed by atoms with Crippen molar-refractivity contribution in [2.24, 2.45) is 0 Å². The Balaban J connectivity index is 1.66. The van der Waals surface area contributed by atoms with Crippen LogP contribution in [0.1, 0.15) is 29.8 Å². The van der Waals surface area contributed by atoms with Gasteiger partial charge >= 0.3 is 0 Å². The van der Waals surface area contributed by atoms with E-state index in [2.05, 4.69) is 22.4 Å². The Hall–Kier alpha value is -2.74. The van der Waals surface area contributed by atoms with Gasteiger partial charge in [-0.05, 0) is 51.5 Å². The number of amides is 1. The number of nitrogens with one attached hydrogen (secondary N) is 1. The van der Waals surface area contributed by atoms with Gasteiger partial charge in [0.25, 0.3) is 11.6 Å². The summed E-state index contributed by atoms with van der Waals surface area (Å²) in [5, 5.41) is 17.5. The lowest BCUT2D eigenvalue weighted by Crippen LogP contribution is -2.35. The van der Waals surface area contributed by atoms with E-state index in [1.807, 2.05) is 0 Å². The van der Waals surface area contributed by atoms with Crippen LogP contribution in [-0.2, 0) is 0 Å². The predicted octanol–water partition coefficient (Wildman–Crippen LogP) is 2.46. The van der Waals surface area contributed by atoms with Crippen LogP contribution in [0.3, 0.4) is 0 Å². The molecule has 8 nitrogen and oxygen atoms in total. The Bertz CT molecular complexity index is 756. The van der Waals surface area contributed by atoms with Crippen LogP contribution in [0.15, 0.2) is 34.9 Å². The fraction of sp³-hybridized carbons (Fsp3) is 0.412. The number of rotatable bonds is 4. The first-order chi connectivity index (χ1) is 12.0. The topological polar surface area (TPSA) is 102 Å². The number of benzene rings is 1. The van der Waals surface area contributed by atoms with Crippen LogP contribution in [0.25, 0.3) is 11.3 Å². The molecule has 0 saturated carbocycles. The Morgan fingerprint density at radius 3 is 2.80 bits per heavy atom. The lowest BCUT2D eigenvalue weighted by atomic mass is 10.1. The number of aromatic nitrogens is 1. The number of nitrogens with zero attached hydrogens (tertiary/aromatic N) is 3. The van der Waals surface area contributed by atoms with Gasteiger partial charge in [-0.15, -0.1) is 0 Å². The molecule has 2 aromatic rings. The first-order valence-electron chi connectivity index (χ1n) is 8.24. The smallest absolute Gasteiger partial charge is 0.273 e. The molecule has 132 valence electrons. The third-order valence-corrected chi connectivity index (χ3v) is 4.39. The van der Waals surface area contributed by atoms with Crippen molar-refractivity contribution in [3.05, 3.63) is 46.1 Å². The van der Waals surface area contributed by atoms with Gasteiger partial charge in [0, 0.05) is 29.8 Å². The minimum absolute atomic E-state index is 0.000404. The molecule has 0 spiro atoms. The summed E-state index contributed by atoms with van der Waals surface area (Å²) in [6, 6.07) is 7.61. The number of carbonyl (C=O) groups excluding carboxylic acids is 1. The van der Waals surface area contributed by atoms with E-state index in [1.165, 1.54) is 12.1 Å². The molecular formula is C17H20N4O4. The molecule has 1 aliphatic heterocycles. The molecule has 1 amide bonds. The molecule has 3 rings (SSSR count). The van der Waals surface area contributed by atoms with Crippen molar-refractivity contribution in [1.29, 1.82) is 0 Å². The summed E-state index contributed by atoms with van der Waals surface area (Å²) in [6.45, 7) is 2.00. The maximum Gasteiger partial charge on any atom is 0.273 e. The van der Waals surface area contributed by atoms with E-state index in [4.69, 9.17) is 4.52 Å². The summed E-state index contributed by atoms with van der Waals surface area (Å²) >= 11 is 0. The molecule has 2 heterocycles. The van der Waals surface area contributed by atoms with Crippen LogP contribution >= 0.6 is 0 Å². The molecular weight excluding hydrogens is 324 g/mol. The number of hydrogen-bond donors (Lipinski definition) is 1. The van der Waals surface area contributed by atoms with Gasteiger partial charge in [0.15, 0.2) is 11.5 Å². The Labute approximate surface area is 144 Å². The largest absolute Gasteiger partial charge is 0.355 e. The number of hydrogen-bond acceptors (Lipinski definition) is 6. The molecule has 1 aromatic carbocycles. The Morgan fingerprint density at radius 2 is 2.08 bits per heavy atom. The van der Waals surface area contributed by atoms with Crippen molar-refractivity contribution in [2.45, 2.75) is 25.3 Å². The molecule has 8 heteroatoms. The highest BCUT2D eigenvalue weighted by molar-refractivity contribution is 5.93. The summed E-state index contributed by atoms with van der Waals surface area (Å²) in [5.74, 6) is 0.145. The van der Waals surface area contributed by atoms with Gasteiger partial charge in [-0.25, -0.2) is 0 Å². The molecule has 1 aromatic heterocycles. The van der Waals surface area contributed by atoms with Crippen LogP contribution < -0.4 is 5.32 Å². The highest BCUT2D eigenvalue weighted by atomic mass is 16.6. The van der Waals surface area contributed by atoms with E-state index >= 15 is 0 Å². The summed E-state index contributed by atoms with van der Waals surface area (Å²) < 4.78 is 5.21. The minimum atomic E-state index is -0.465. The van der Waals surface area contributed by atoms with Gasteiger partial charge in [0.1, 0.15) is 0 Å². The lowest BCUT2D eigenvalue weighted by Gasteiger charge is -2.15. The zero-order chi connectivity index (χ0) is 17.8. The highest BCUT2D eigenvalue weighted by Gasteiger charge is 2.20. The summed E-state index contributed by atoms with van der Waals surface area (Å²) in [6.07, 6.45) is 2.91. The van der Waals surface area contributed by atoms with Crippen LogP contribution in [0.2, 0.25) is 0 Å². The van der Waals surface area contributed by atoms with Crippen LogP contribution in [0, 0.1) is 10.1 Å². The van der Waals surface area contributed by atoms with Crippen LogP contribution in [0.5, 0.6) is 0 Å². The van der Waals surface area contributed by atoms with E-state index < -0.39 is 4.92 Å². The minimum Gasteiger partial charge on any atom is -0.355 e.